The average molecular weight is 207 g/mol. The van der Waals surface area contributed by atoms with Gasteiger partial charge in [-0.3, -0.25) is 4.79 Å². The summed E-state index contributed by atoms with van der Waals surface area (Å²) < 4.78 is 5.12. The van der Waals surface area contributed by atoms with Crippen LogP contribution >= 0.6 is 0 Å². The molecule has 2 N–H and O–H groups in total. The number of hydrogen-bond acceptors (Lipinski definition) is 3. The van der Waals surface area contributed by atoms with Crippen LogP contribution in [0.2, 0.25) is 0 Å². The lowest BCUT2D eigenvalue weighted by Crippen LogP contribution is -2.35. The van der Waals surface area contributed by atoms with E-state index in [1.54, 1.807) is 19.2 Å². The number of carbonyl (C=O) groups is 1. The molecular weight excluding hydrogens is 190 g/mol. The number of benzene rings is 1. The lowest BCUT2D eigenvalue weighted by molar-refractivity contribution is 0.0937. The van der Waals surface area contributed by atoms with Gasteiger partial charge >= 0.3 is 0 Å². The van der Waals surface area contributed by atoms with Gasteiger partial charge in [-0.25, -0.2) is 0 Å². The second-order valence-corrected chi connectivity index (χ2v) is 3.83. The van der Waals surface area contributed by atoms with Crippen molar-refractivity contribution in [1.29, 1.82) is 0 Å². The van der Waals surface area contributed by atoms with Crippen LogP contribution in [0.15, 0.2) is 24.3 Å². The first kappa shape index (κ1) is 11.7. The predicted molar refractivity (Wildman–Crippen MR) is 60.1 cm³/mol. The van der Waals surface area contributed by atoms with Gasteiger partial charge in [0.05, 0.1) is 18.7 Å². The Morgan fingerprint density at radius 2 is 1.93 bits per heavy atom. The third kappa shape index (κ3) is 2.57. The van der Waals surface area contributed by atoms with Crippen molar-refractivity contribution >= 4 is 5.78 Å². The molecule has 0 bridgehead atoms. The van der Waals surface area contributed by atoms with Crippen LogP contribution in [0, 0.1) is 5.92 Å². The lowest BCUT2D eigenvalue weighted by atomic mass is 9.95. The van der Waals surface area contributed by atoms with Gasteiger partial charge in [-0.2, -0.15) is 0 Å². The van der Waals surface area contributed by atoms with E-state index in [1.165, 1.54) is 0 Å². The van der Waals surface area contributed by atoms with Crippen LogP contribution in [-0.2, 0) is 0 Å². The van der Waals surface area contributed by atoms with E-state index in [2.05, 4.69) is 0 Å². The fourth-order valence-corrected chi connectivity index (χ4v) is 1.33. The molecule has 1 atom stereocenters. The predicted octanol–water partition coefficient (Wildman–Crippen LogP) is 1.86. The molecule has 82 valence electrons. The van der Waals surface area contributed by atoms with Crippen molar-refractivity contribution in [2.75, 3.05) is 7.11 Å². The Labute approximate surface area is 90.2 Å². The molecule has 0 amide bonds. The highest BCUT2D eigenvalue weighted by atomic mass is 16.5. The fourth-order valence-electron chi connectivity index (χ4n) is 1.33. The van der Waals surface area contributed by atoms with E-state index in [0.717, 1.165) is 0 Å². The minimum atomic E-state index is -0.471. The van der Waals surface area contributed by atoms with Crippen molar-refractivity contribution in [3.63, 3.8) is 0 Å². The lowest BCUT2D eigenvalue weighted by Gasteiger charge is -2.15. The monoisotopic (exact) mass is 207 g/mol. The standard InChI is InChI=1S/C12H17NO2/c1-8(2)11(13)12(14)9-6-4-5-7-10(9)15-3/h4-8,11H,13H2,1-3H3. The maximum absolute atomic E-state index is 12.0. The molecule has 0 radical (unpaired) electrons. The minimum Gasteiger partial charge on any atom is -0.496 e. The number of ketones is 1. The van der Waals surface area contributed by atoms with Crippen LogP contribution < -0.4 is 10.5 Å². The van der Waals surface area contributed by atoms with E-state index in [1.807, 2.05) is 26.0 Å². The van der Waals surface area contributed by atoms with Gasteiger partial charge in [-0.15, -0.1) is 0 Å². The summed E-state index contributed by atoms with van der Waals surface area (Å²) in [5.74, 6) is 0.642. The number of ether oxygens (including phenoxy) is 1. The van der Waals surface area contributed by atoms with Crippen molar-refractivity contribution in [2.24, 2.45) is 11.7 Å². The number of carbonyl (C=O) groups excluding carboxylic acids is 1. The zero-order chi connectivity index (χ0) is 11.4. The van der Waals surface area contributed by atoms with Gasteiger partial charge in [-0.05, 0) is 18.1 Å². The SMILES string of the molecule is COc1ccccc1C(=O)C(N)C(C)C. The summed E-state index contributed by atoms with van der Waals surface area (Å²) in [6.07, 6.45) is 0. The maximum Gasteiger partial charge on any atom is 0.183 e. The molecule has 0 spiro atoms. The first-order valence-electron chi connectivity index (χ1n) is 5.00. The number of hydrogen-bond donors (Lipinski definition) is 1. The van der Waals surface area contributed by atoms with Crippen molar-refractivity contribution in [3.8, 4) is 5.75 Å². The van der Waals surface area contributed by atoms with E-state index in [-0.39, 0.29) is 11.7 Å². The summed E-state index contributed by atoms with van der Waals surface area (Å²) in [6.45, 7) is 3.86. The summed E-state index contributed by atoms with van der Waals surface area (Å²) >= 11 is 0. The summed E-state index contributed by atoms with van der Waals surface area (Å²) in [4.78, 5) is 12.0. The van der Waals surface area contributed by atoms with Gasteiger partial charge < -0.3 is 10.5 Å². The highest BCUT2D eigenvalue weighted by molar-refractivity contribution is 6.02. The van der Waals surface area contributed by atoms with Crippen molar-refractivity contribution in [2.45, 2.75) is 19.9 Å². The molecule has 3 heteroatoms. The second-order valence-electron chi connectivity index (χ2n) is 3.83. The third-order valence-electron chi connectivity index (χ3n) is 2.39. The topological polar surface area (TPSA) is 52.3 Å². The van der Waals surface area contributed by atoms with Crippen molar-refractivity contribution < 1.29 is 9.53 Å². The quantitative estimate of drug-likeness (QED) is 0.767. The molecule has 1 aromatic rings. The number of para-hydroxylation sites is 1. The highest BCUT2D eigenvalue weighted by Gasteiger charge is 2.21. The molecule has 0 aromatic heterocycles. The molecule has 0 aliphatic carbocycles. The Morgan fingerprint density at radius 1 is 1.33 bits per heavy atom. The van der Waals surface area contributed by atoms with E-state index in [4.69, 9.17) is 10.5 Å². The molecule has 1 rings (SSSR count). The Balaban J connectivity index is 3.00. The maximum atomic E-state index is 12.0. The molecule has 3 nitrogen and oxygen atoms in total. The molecule has 0 aliphatic rings. The van der Waals surface area contributed by atoms with Crippen LogP contribution in [0.1, 0.15) is 24.2 Å². The molecule has 0 heterocycles. The van der Waals surface area contributed by atoms with Gasteiger partial charge in [0.25, 0.3) is 0 Å². The molecule has 0 saturated heterocycles. The van der Waals surface area contributed by atoms with Crippen LogP contribution in [0.25, 0.3) is 0 Å². The van der Waals surface area contributed by atoms with Crippen LogP contribution in [0.4, 0.5) is 0 Å². The van der Waals surface area contributed by atoms with Crippen LogP contribution in [-0.4, -0.2) is 18.9 Å². The van der Waals surface area contributed by atoms with Crippen molar-refractivity contribution in [3.05, 3.63) is 29.8 Å². The Hall–Kier alpha value is -1.35. The zero-order valence-corrected chi connectivity index (χ0v) is 9.36. The molecule has 0 aliphatic heterocycles. The van der Waals surface area contributed by atoms with Gasteiger partial charge in [0.15, 0.2) is 5.78 Å². The third-order valence-corrected chi connectivity index (χ3v) is 2.39. The summed E-state index contributed by atoms with van der Waals surface area (Å²) in [7, 11) is 1.55. The highest BCUT2D eigenvalue weighted by Crippen LogP contribution is 2.20. The Kier molecular flexibility index (Phi) is 3.86. The second kappa shape index (κ2) is 4.94. The number of nitrogens with two attached hydrogens (primary N) is 1. The van der Waals surface area contributed by atoms with Crippen LogP contribution in [0.5, 0.6) is 5.75 Å². The average Bonchev–Trinajstić information content (AvgIpc) is 2.26. The van der Waals surface area contributed by atoms with Gasteiger partial charge in [0.2, 0.25) is 0 Å². The van der Waals surface area contributed by atoms with Crippen LogP contribution in [0.3, 0.4) is 0 Å². The molecule has 1 unspecified atom stereocenters. The normalized spacial score (nSPS) is 12.6. The van der Waals surface area contributed by atoms with E-state index in [9.17, 15) is 4.79 Å². The number of Topliss-reactive ketones (excluding diaryl/α,β-unsaturated/α-hetero) is 1. The van der Waals surface area contributed by atoms with E-state index in [0.29, 0.717) is 11.3 Å². The summed E-state index contributed by atoms with van der Waals surface area (Å²) in [5.41, 5.74) is 6.37. The number of methoxy groups -OCH3 is 1. The smallest absolute Gasteiger partial charge is 0.183 e. The molecular formula is C12H17NO2. The summed E-state index contributed by atoms with van der Waals surface area (Å²) in [5, 5.41) is 0. The van der Waals surface area contributed by atoms with E-state index < -0.39 is 6.04 Å². The molecule has 0 fully saturated rings. The number of rotatable bonds is 4. The van der Waals surface area contributed by atoms with Crippen molar-refractivity contribution in [1.82, 2.24) is 0 Å². The zero-order valence-electron chi connectivity index (χ0n) is 9.36. The fraction of sp³-hybridized carbons (Fsp3) is 0.417. The molecule has 1 aromatic carbocycles. The molecule has 0 saturated carbocycles. The van der Waals surface area contributed by atoms with E-state index >= 15 is 0 Å². The Bertz CT molecular complexity index is 347. The minimum absolute atomic E-state index is 0.0672. The van der Waals surface area contributed by atoms with Gasteiger partial charge in [0, 0.05) is 0 Å². The Morgan fingerprint density at radius 3 is 2.47 bits per heavy atom. The van der Waals surface area contributed by atoms with Gasteiger partial charge in [-0.1, -0.05) is 26.0 Å². The molecule has 15 heavy (non-hydrogen) atoms. The summed E-state index contributed by atoms with van der Waals surface area (Å²) in [6, 6.07) is 6.67. The first-order valence-corrected chi connectivity index (χ1v) is 5.00. The van der Waals surface area contributed by atoms with Gasteiger partial charge in [0.1, 0.15) is 5.75 Å². The largest absolute Gasteiger partial charge is 0.496 e. The first-order chi connectivity index (χ1) is 7.07.